The molecule has 2 aliphatic heterocycles. The molecule has 2 saturated heterocycles. The summed E-state index contributed by atoms with van der Waals surface area (Å²) in [6.45, 7) is 0. The summed E-state index contributed by atoms with van der Waals surface area (Å²) < 4.78 is 23.0. The Hall–Kier alpha value is 0.300. The van der Waals surface area contributed by atoms with E-state index in [1.54, 1.807) is 0 Å². The molecule has 2 aliphatic rings. The average molecular weight is 234 g/mol. The molecule has 14 heavy (non-hydrogen) atoms. The van der Waals surface area contributed by atoms with E-state index in [1.165, 1.54) is 25.0 Å². The molecule has 2 atom stereocenters. The van der Waals surface area contributed by atoms with Gasteiger partial charge in [-0.3, -0.25) is 0 Å². The fourth-order valence-corrected chi connectivity index (χ4v) is 5.95. The zero-order valence-corrected chi connectivity index (χ0v) is 10.1. The third kappa shape index (κ3) is 2.66. The highest BCUT2D eigenvalue weighted by molar-refractivity contribution is 8.00. The van der Waals surface area contributed by atoms with Gasteiger partial charge >= 0.3 is 0 Å². The molecule has 0 N–H and O–H groups in total. The van der Waals surface area contributed by atoms with Gasteiger partial charge < -0.3 is 0 Å². The second-order valence-corrected chi connectivity index (χ2v) is 8.00. The molecular weight excluding hydrogens is 216 g/mol. The molecule has 0 aromatic carbocycles. The summed E-state index contributed by atoms with van der Waals surface area (Å²) in [6, 6.07) is 0. The molecular formula is C10H18O2S2. The molecule has 0 aromatic heterocycles. The van der Waals surface area contributed by atoms with Crippen molar-refractivity contribution < 1.29 is 8.42 Å². The molecule has 4 heteroatoms. The van der Waals surface area contributed by atoms with Gasteiger partial charge in [0.05, 0.1) is 11.5 Å². The van der Waals surface area contributed by atoms with E-state index >= 15 is 0 Å². The highest BCUT2D eigenvalue weighted by atomic mass is 32.2. The highest BCUT2D eigenvalue weighted by Crippen LogP contribution is 2.35. The van der Waals surface area contributed by atoms with E-state index in [2.05, 4.69) is 0 Å². The second kappa shape index (κ2) is 4.44. The van der Waals surface area contributed by atoms with Gasteiger partial charge in [-0.15, -0.1) is 0 Å². The van der Waals surface area contributed by atoms with Gasteiger partial charge in [-0.1, -0.05) is 6.42 Å². The lowest BCUT2D eigenvalue weighted by Crippen LogP contribution is -2.33. The predicted molar refractivity (Wildman–Crippen MR) is 61.5 cm³/mol. The maximum atomic E-state index is 11.5. The third-order valence-corrected chi connectivity index (χ3v) is 6.66. The molecule has 0 bridgehead atoms. The van der Waals surface area contributed by atoms with Gasteiger partial charge in [0.15, 0.2) is 9.84 Å². The Morgan fingerprint density at radius 1 is 1.07 bits per heavy atom. The molecule has 2 heterocycles. The zero-order chi connectivity index (χ0) is 10.0. The largest absolute Gasteiger partial charge is 0.229 e. The fourth-order valence-electron chi connectivity index (χ4n) is 2.49. The summed E-state index contributed by atoms with van der Waals surface area (Å²) in [5, 5.41) is 0.638. The van der Waals surface area contributed by atoms with E-state index in [-0.39, 0.29) is 0 Å². The van der Waals surface area contributed by atoms with Crippen LogP contribution >= 0.6 is 11.8 Å². The maximum absolute atomic E-state index is 11.5. The van der Waals surface area contributed by atoms with Gasteiger partial charge in [0.25, 0.3) is 0 Å². The van der Waals surface area contributed by atoms with Crippen LogP contribution in [-0.2, 0) is 9.84 Å². The first kappa shape index (κ1) is 10.8. The van der Waals surface area contributed by atoms with Crippen LogP contribution in [0.25, 0.3) is 0 Å². The van der Waals surface area contributed by atoms with Crippen molar-refractivity contribution in [2.75, 3.05) is 17.3 Å². The molecule has 0 aromatic rings. The van der Waals surface area contributed by atoms with Crippen LogP contribution in [0.3, 0.4) is 0 Å². The Morgan fingerprint density at radius 3 is 2.57 bits per heavy atom. The summed E-state index contributed by atoms with van der Waals surface area (Å²) in [7, 11) is -2.69. The summed E-state index contributed by atoms with van der Waals surface area (Å²) >= 11 is 2.01. The quantitative estimate of drug-likeness (QED) is 0.697. The second-order valence-electron chi connectivity index (χ2n) is 4.42. The number of rotatable bonds is 1. The average Bonchev–Trinajstić information content (AvgIpc) is 2.18. The van der Waals surface area contributed by atoms with Gasteiger partial charge in [0.1, 0.15) is 0 Å². The number of hydrogen-bond acceptors (Lipinski definition) is 3. The van der Waals surface area contributed by atoms with Crippen molar-refractivity contribution in [3.63, 3.8) is 0 Å². The van der Waals surface area contributed by atoms with Gasteiger partial charge in [-0.25, -0.2) is 8.42 Å². The highest BCUT2D eigenvalue weighted by Gasteiger charge is 2.31. The van der Waals surface area contributed by atoms with Gasteiger partial charge in [-0.2, -0.15) is 11.8 Å². The Balaban J connectivity index is 1.96. The Kier molecular flexibility index (Phi) is 3.42. The fraction of sp³-hybridized carbons (Fsp3) is 1.00. The van der Waals surface area contributed by atoms with E-state index in [4.69, 9.17) is 0 Å². The van der Waals surface area contributed by atoms with Gasteiger partial charge in [-0.05, 0) is 37.4 Å². The number of thioether (sulfide) groups is 1. The van der Waals surface area contributed by atoms with Gasteiger partial charge in [0.2, 0.25) is 0 Å². The molecule has 82 valence electrons. The summed E-state index contributed by atoms with van der Waals surface area (Å²) in [6.07, 6.45) is 5.89. The molecule has 0 spiro atoms. The standard InChI is InChI=1S/C10H18O2S2/c11-14(12)7-3-4-9(8-14)10-5-1-2-6-13-10/h9-10H,1-8H2. The molecule has 0 amide bonds. The van der Waals surface area contributed by atoms with Crippen LogP contribution in [0.4, 0.5) is 0 Å². The van der Waals surface area contributed by atoms with Crippen LogP contribution in [0.15, 0.2) is 0 Å². The van der Waals surface area contributed by atoms with Crippen molar-refractivity contribution >= 4 is 21.6 Å². The molecule has 0 radical (unpaired) electrons. The lowest BCUT2D eigenvalue weighted by atomic mass is 9.97. The Morgan fingerprint density at radius 2 is 1.93 bits per heavy atom. The molecule has 2 unspecified atom stereocenters. The zero-order valence-electron chi connectivity index (χ0n) is 8.44. The van der Waals surface area contributed by atoms with Crippen molar-refractivity contribution in [3.8, 4) is 0 Å². The molecule has 0 saturated carbocycles. The minimum atomic E-state index is -2.69. The van der Waals surface area contributed by atoms with Crippen molar-refractivity contribution in [1.82, 2.24) is 0 Å². The normalized spacial score (nSPS) is 38.0. The summed E-state index contributed by atoms with van der Waals surface area (Å²) in [5.74, 6) is 2.59. The third-order valence-electron chi connectivity index (χ3n) is 3.24. The number of sulfone groups is 1. The van der Waals surface area contributed by atoms with Crippen molar-refractivity contribution in [2.45, 2.75) is 37.4 Å². The predicted octanol–water partition coefficient (Wildman–Crippen LogP) is 2.10. The van der Waals surface area contributed by atoms with E-state index in [0.29, 0.717) is 22.7 Å². The number of hydrogen-bond donors (Lipinski definition) is 0. The summed E-state index contributed by atoms with van der Waals surface area (Å²) in [4.78, 5) is 0. The lowest BCUT2D eigenvalue weighted by Gasteiger charge is -2.32. The van der Waals surface area contributed by atoms with E-state index in [0.717, 1.165) is 12.8 Å². The van der Waals surface area contributed by atoms with Crippen molar-refractivity contribution in [1.29, 1.82) is 0 Å². The molecule has 2 fully saturated rings. The topological polar surface area (TPSA) is 34.1 Å². The Labute approximate surface area is 90.8 Å². The van der Waals surface area contributed by atoms with Crippen LogP contribution in [0.2, 0.25) is 0 Å². The van der Waals surface area contributed by atoms with Crippen molar-refractivity contribution in [2.24, 2.45) is 5.92 Å². The van der Waals surface area contributed by atoms with Crippen molar-refractivity contribution in [3.05, 3.63) is 0 Å². The smallest absolute Gasteiger partial charge is 0.150 e. The van der Waals surface area contributed by atoms with Gasteiger partial charge in [0, 0.05) is 5.25 Å². The molecule has 2 nitrogen and oxygen atoms in total. The molecule has 2 rings (SSSR count). The van der Waals surface area contributed by atoms with E-state index in [1.807, 2.05) is 11.8 Å². The minimum Gasteiger partial charge on any atom is -0.229 e. The SMILES string of the molecule is O=S1(=O)CCCC(C2CCCCS2)C1. The molecule has 0 aliphatic carbocycles. The van der Waals surface area contributed by atoms with Crippen LogP contribution in [0.5, 0.6) is 0 Å². The monoisotopic (exact) mass is 234 g/mol. The van der Waals surface area contributed by atoms with E-state index < -0.39 is 9.84 Å². The van der Waals surface area contributed by atoms with Crippen LogP contribution < -0.4 is 0 Å². The Bertz CT molecular complexity index is 278. The maximum Gasteiger partial charge on any atom is 0.150 e. The first-order valence-electron chi connectivity index (χ1n) is 5.49. The van der Waals surface area contributed by atoms with Crippen LogP contribution in [-0.4, -0.2) is 30.9 Å². The lowest BCUT2D eigenvalue weighted by molar-refractivity contribution is 0.444. The van der Waals surface area contributed by atoms with Crippen LogP contribution in [0, 0.1) is 5.92 Å². The van der Waals surface area contributed by atoms with E-state index in [9.17, 15) is 8.42 Å². The first-order chi connectivity index (χ1) is 6.67. The summed E-state index contributed by atoms with van der Waals surface area (Å²) in [5.41, 5.74) is 0. The first-order valence-corrected chi connectivity index (χ1v) is 8.36. The van der Waals surface area contributed by atoms with Crippen LogP contribution in [0.1, 0.15) is 32.1 Å². The minimum absolute atomic E-state index is 0.431.